The third kappa shape index (κ3) is 7.11. The molecule has 1 aliphatic rings. The molecular formula is C26H25F6N9O2. The highest BCUT2D eigenvalue weighted by Gasteiger charge is 2.40. The number of aromatic nitrogens is 5. The summed E-state index contributed by atoms with van der Waals surface area (Å²) in [6.45, 7) is 3.48. The molecule has 1 aliphatic heterocycles. The number of morpholine rings is 1. The van der Waals surface area contributed by atoms with Gasteiger partial charge in [0, 0.05) is 37.8 Å². The molecular weight excluding hydrogens is 584 g/mol. The van der Waals surface area contributed by atoms with Gasteiger partial charge in [0.05, 0.1) is 36.6 Å². The maximum Gasteiger partial charge on any atom is 0.455 e. The number of nitrogens with two attached hydrogens (primary N) is 1. The Morgan fingerprint density at radius 3 is 2.28 bits per heavy atom. The molecule has 0 saturated carbocycles. The second-order valence-corrected chi connectivity index (χ2v) is 9.54. The molecule has 1 saturated heterocycles. The number of nitrogens with one attached hydrogen (secondary N) is 2. The van der Waals surface area contributed by atoms with Gasteiger partial charge in [0.1, 0.15) is 11.6 Å². The topological polar surface area (TPSA) is 136 Å². The number of Topliss-reactive ketones (excluding diaryl/α,β-unsaturated/α-hetero) is 1. The third-order valence-corrected chi connectivity index (χ3v) is 6.49. The number of hydrogen-bond donors (Lipinski definition) is 3. The second kappa shape index (κ2) is 12.0. The van der Waals surface area contributed by atoms with Crippen LogP contribution in [0, 0.1) is 0 Å². The number of benzene rings is 1. The molecule has 0 bridgehead atoms. The molecule has 0 atom stereocenters. The van der Waals surface area contributed by atoms with E-state index in [1.165, 1.54) is 22.7 Å². The van der Waals surface area contributed by atoms with Crippen molar-refractivity contribution in [2.75, 3.05) is 55.8 Å². The molecule has 4 aromatic rings. The number of carbonyl (C=O) groups is 1. The number of fused-ring (bicyclic) bond motifs is 1. The van der Waals surface area contributed by atoms with Crippen molar-refractivity contribution in [3.63, 3.8) is 0 Å². The zero-order valence-electron chi connectivity index (χ0n) is 22.3. The van der Waals surface area contributed by atoms with Crippen LogP contribution in [0.1, 0.15) is 21.7 Å². The predicted octanol–water partition coefficient (Wildman–Crippen LogP) is 3.89. The van der Waals surface area contributed by atoms with Gasteiger partial charge in [-0.25, -0.2) is 15.0 Å². The van der Waals surface area contributed by atoms with Crippen molar-refractivity contribution < 1.29 is 35.9 Å². The lowest BCUT2D eigenvalue weighted by molar-refractivity contribution is -0.137. The fraction of sp³-hybridized carbons (Fsp3) is 0.346. The summed E-state index contributed by atoms with van der Waals surface area (Å²) in [7, 11) is 0. The van der Waals surface area contributed by atoms with Crippen molar-refractivity contribution >= 4 is 29.0 Å². The Kier molecular flexibility index (Phi) is 8.36. The van der Waals surface area contributed by atoms with Crippen LogP contribution < -0.4 is 16.4 Å². The van der Waals surface area contributed by atoms with Gasteiger partial charge in [-0.2, -0.15) is 30.9 Å². The van der Waals surface area contributed by atoms with Gasteiger partial charge in [0.25, 0.3) is 5.78 Å². The first-order valence-electron chi connectivity index (χ1n) is 13.0. The van der Waals surface area contributed by atoms with Crippen LogP contribution in [0.2, 0.25) is 0 Å². The molecule has 11 nitrogen and oxygen atoms in total. The van der Waals surface area contributed by atoms with Crippen molar-refractivity contribution in [3.8, 4) is 11.3 Å². The number of hydrogen-bond acceptors (Lipinski definition) is 10. The Morgan fingerprint density at radius 2 is 1.63 bits per heavy atom. The van der Waals surface area contributed by atoms with E-state index in [1.807, 2.05) is 0 Å². The Morgan fingerprint density at radius 1 is 0.930 bits per heavy atom. The molecule has 3 aromatic heterocycles. The Bertz CT molecular complexity index is 1600. The SMILES string of the molecule is Nc1nc(NCCNc2nc(-c3ccc(C(F)(F)F)cc3)cc3nc(CN4CCOCC4)nn23)ccc1C(=O)C(F)(F)F. The number of halogens is 6. The number of pyridine rings is 1. The highest BCUT2D eigenvalue weighted by molar-refractivity contribution is 6.03. The highest BCUT2D eigenvalue weighted by atomic mass is 19.4. The van der Waals surface area contributed by atoms with Crippen LogP contribution in [0.4, 0.5) is 43.9 Å². The van der Waals surface area contributed by atoms with Gasteiger partial charge in [-0.05, 0) is 24.3 Å². The smallest absolute Gasteiger partial charge is 0.383 e. The van der Waals surface area contributed by atoms with E-state index in [0.29, 0.717) is 55.6 Å². The first kappa shape index (κ1) is 30.0. The van der Waals surface area contributed by atoms with Crippen LogP contribution in [-0.4, -0.2) is 80.8 Å². The van der Waals surface area contributed by atoms with Crippen LogP contribution >= 0.6 is 0 Å². The average molecular weight is 610 g/mol. The van der Waals surface area contributed by atoms with Crippen LogP contribution in [0.3, 0.4) is 0 Å². The van der Waals surface area contributed by atoms with Gasteiger partial charge in [0.2, 0.25) is 5.95 Å². The molecule has 0 aliphatic carbocycles. The molecule has 4 N–H and O–H groups in total. The molecule has 0 amide bonds. The monoisotopic (exact) mass is 609 g/mol. The summed E-state index contributed by atoms with van der Waals surface area (Å²) in [5.41, 5.74) is 5.24. The van der Waals surface area contributed by atoms with Crippen LogP contribution in [-0.2, 0) is 17.5 Å². The number of ketones is 1. The summed E-state index contributed by atoms with van der Waals surface area (Å²) in [6.07, 6.45) is -9.56. The van der Waals surface area contributed by atoms with E-state index < -0.39 is 35.1 Å². The Labute approximate surface area is 240 Å². The maximum atomic E-state index is 13.1. The summed E-state index contributed by atoms with van der Waals surface area (Å²) in [4.78, 5) is 26.6. The van der Waals surface area contributed by atoms with E-state index >= 15 is 0 Å². The summed E-state index contributed by atoms with van der Waals surface area (Å²) in [5.74, 6) is -1.74. The third-order valence-electron chi connectivity index (χ3n) is 6.49. The number of anilines is 3. The molecule has 4 heterocycles. The fourth-order valence-electron chi connectivity index (χ4n) is 4.34. The minimum absolute atomic E-state index is 0.142. The van der Waals surface area contributed by atoms with Crippen molar-refractivity contribution in [2.45, 2.75) is 18.9 Å². The zero-order chi connectivity index (χ0) is 30.8. The van der Waals surface area contributed by atoms with Crippen molar-refractivity contribution in [2.24, 2.45) is 0 Å². The van der Waals surface area contributed by atoms with Gasteiger partial charge in [-0.3, -0.25) is 9.69 Å². The molecule has 0 spiro atoms. The number of alkyl halides is 6. The molecule has 1 aromatic carbocycles. The standard InChI is InChI=1S/C26H25F6N9O2/c27-25(28,29)16-3-1-15(2-4-16)18-13-21-37-20(14-40-9-11-43-12-10-40)39-41(21)24(36-18)35-8-7-34-19-6-5-17(23(33)38-19)22(42)26(30,31)32/h1-6,13H,7-12,14H2,(H,35,36)(H3,33,34,38). The summed E-state index contributed by atoms with van der Waals surface area (Å²) in [5, 5.41) is 10.5. The van der Waals surface area contributed by atoms with E-state index in [0.717, 1.165) is 18.2 Å². The van der Waals surface area contributed by atoms with Gasteiger partial charge >= 0.3 is 12.4 Å². The fourth-order valence-corrected chi connectivity index (χ4v) is 4.34. The van der Waals surface area contributed by atoms with Crippen LogP contribution in [0.25, 0.3) is 16.9 Å². The molecule has 0 radical (unpaired) electrons. The largest absolute Gasteiger partial charge is 0.455 e. The number of rotatable bonds is 9. The van der Waals surface area contributed by atoms with Crippen LogP contribution in [0.15, 0.2) is 42.5 Å². The molecule has 43 heavy (non-hydrogen) atoms. The Hall–Kier alpha value is -4.51. The van der Waals surface area contributed by atoms with E-state index in [9.17, 15) is 31.1 Å². The number of nitrogens with zero attached hydrogens (tertiary/aromatic N) is 6. The molecule has 0 unspecified atom stereocenters. The minimum atomic E-state index is -5.08. The number of ether oxygens (including phenoxy) is 1. The van der Waals surface area contributed by atoms with Crippen molar-refractivity contribution in [3.05, 3.63) is 59.4 Å². The minimum Gasteiger partial charge on any atom is -0.383 e. The maximum absolute atomic E-state index is 13.1. The van der Waals surface area contributed by atoms with Crippen molar-refractivity contribution in [1.29, 1.82) is 0 Å². The van der Waals surface area contributed by atoms with Gasteiger partial charge in [-0.15, -0.1) is 5.10 Å². The lowest BCUT2D eigenvalue weighted by atomic mass is 10.1. The lowest BCUT2D eigenvalue weighted by Crippen LogP contribution is -2.35. The van der Waals surface area contributed by atoms with Gasteiger partial charge in [-0.1, -0.05) is 12.1 Å². The summed E-state index contributed by atoms with van der Waals surface area (Å²) >= 11 is 0. The number of carbonyl (C=O) groups excluding carboxylic acids is 1. The normalized spacial score (nSPS) is 14.7. The molecule has 1 fully saturated rings. The molecule has 228 valence electrons. The molecule has 17 heteroatoms. The number of nitrogen functional groups attached to an aromatic ring is 1. The summed E-state index contributed by atoms with van der Waals surface area (Å²) < 4.78 is 84.3. The van der Waals surface area contributed by atoms with Crippen LogP contribution in [0.5, 0.6) is 0 Å². The van der Waals surface area contributed by atoms with Crippen molar-refractivity contribution in [1.82, 2.24) is 29.5 Å². The van der Waals surface area contributed by atoms with E-state index in [4.69, 9.17) is 10.5 Å². The summed E-state index contributed by atoms with van der Waals surface area (Å²) in [6, 6.07) is 8.35. The van der Waals surface area contributed by atoms with E-state index in [1.54, 1.807) is 6.07 Å². The molecule has 5 rings (SSSR count). The van der Waals surface area contributed by atoms with E-state index in [-0.39, 0.29) is 24.9 Å². The second-order valence-electron chi connectivity index (χ2n) is 9.54. The average Bonchev–Trinajstić information content (AvgIpc) is 3.37. The predicted molar refractivity (Wildman–Crippen MR) is 143 cm³/mol. The van der Waals surface area contributed by atoms with Gasteiger partial charge < -0.3 is 21.1 Å². The quantitative estimate of drug-likeness (QED) is 0.146. The van der Waals surface area contributed by atoms with Gasteiger partial charge in [0.15, 0.2) is 11.5 Å². The Balaban J connectivity index is 1.34. The first-order chi connectivity index (χ1) is 20.4. The lowest BCUT2D eigenvalue weighted by Gasteiger charge is -2.25. The van der Waals surface area contributed by atoms with E-state index in [2.05, 4.69) is 35.6 Å². The first-order valence-corrected chi connectivity index (χ1v) is 13.0. The highest BCUT2D eigenvalue weighted by Crippen LogP contribution is 2.31. The zero-order valence-corrected chi connectivity index (χ0v) is 22.3.